The highest BCUT2D eigenvalue weighted by atomic mass is 79.9. The monoisotopic (exact) mass is 587 g/mol. The lowest BCUT2D eigenvalue weighted by Crippen LogP contribution is -2.36. The van der Waals surface area contributed by atoms with Crippen molar-refractivity contribution in [1.29, 1.82) is 0 Å². The highest BCUT2D eigenvalue weighted by molar-refractivity contribution is 9.10. The Morgan fingerprint density at radius 1 is 0.921 bits per heavy atom. The second kappa shape index (κ2) is 11.0. The SMILES string of the molecule is COC(=O)C1=C(C)NC2=C(C(=O)C[C@H](c3cc(OC)c(OC)c(OC)c3)C2)[C@H]1c1cc(Br)c(O)c(OC)c1. The predicted octanol–water partition coefficient (Wildman–Crippen LogP) is 4.72. The summed E-state index contributed by atoms with van der Waals surface area (Å²) in [7, 11) is 7.38. The summed E-state index contributed by atoms with van der Waals surface area (Å²) in [5.41, 5.74) is 3.59. The number of hydrogen-bond donors (Lipinski definition) is 2. The van der Waals surface area contributed by atoms with Gasteiger partial charge < -0.3 is 34.1 Å². The topological polar surface area (TPSA) is 113 Å². The van der Waals surface area contributed by atoms with Gasteiger partial charge in [-0.25, -0.2) is 4.79 Å². The average Bonchev–Trinajstić information content (AvgIpc) is 2.92. The summed E-state index contributed by atoms with van der Waals surface area (Å²) in [6.07, 6.45) is 0.720. The lowest BCUT2D eigenvalue weighted by Gasteiger charge is -2.37. The Morgan fingerprint density at radius 2 is 1.53 bits per heavy atom. The van der Waals surface area contributed by atoms with Gasteiger partial charge in [-0.3, -0.25) is 4.79 Å². The molecule has 2 atom stereocenters. The van der Waals surface area contributed by atoms with Crippen LogP contribution in [-0.2, 0) is 14.3 Å². The summed E-state index contributed by atoms with van der Waals surface area (Å²) in [5, 5.41) is 13.7. The number of carbonyl (C=O) groups excluding carboxylic acids is 2. The van der Waals surface area contributed by atoms with Gasteiger partial charge in [0.25, 0.3) is 0 Å². The van der Waals surface area contributed by atoms with E-state index in [-0.39, 0.29) is 29.6 Å². The molecule has 9 nitrogen and oxygen atoms in total. The Bertz CT molecular complexity index is 1340. The first-order valence-electron chi connectivity index (χ1n) is 11.9. The van der Waals surface area contributed by atoms with E-state index in [1.165, 1.54) is 21.3 Å². The summed E-state index contributed by atoms with van der Waals surface area (Å²) >= 11 is 3.36. The second-order valence-electron chi connectivity index (χ2n) is 9.02. The number of phenolic OH excluding ortho intramolecular Hbond substituents is 1. The van der Waals surface area contributed by atoms with Gasteiger partial charge in [0, 0.05) is 29.3 Å². The normalized spacial score (nSPS) is 19.0. The first-order valence-corrected chi connectivity index (χ1v) is 12.7. The van der Waals surface area contributed by atoms with E-state index in [2.05, 4.69) is 21.2 Å². The molecule has 0 amide bonds. The first kappa shape index (κ1) is 27.4. The van der Waals surface area contributed by atoms with Gasteiger partial charge in [0.05, 0.1) is 45.6 Å². The van der Waals surface area contributed by atoms with Crippen molar-refractivity contribution >= 4 is 27.7 Å². The van der Waals surface area contributed by atoms with Crippen LogP contribution >= 0.6 is 15.9 Å². The van der Waals surface area contributed by atoms with Crippen LogP contribution in [0, 0.1) is 0 Å². The summed E-state index contributed by atoms with van der Waals surface area (Å²) < 4.78 is 27.3. The van der Waals surface area contributed by atoms with Crippen LogP contribution in [-0.4, -0.2) is 52.4 Å². The Balaban J connectivity index is 1.85. The number of methoxy groups -OCH3 is 5. The number of benzene rings is 2. The number of Topliss-reactive ketones (excluding diaryl/α,β-unsaturated/α-hetero) is 1. The molecule has 0 fully saturated rings. The molecule has 2 aliphatic rings. The fourth-order valence-electron chi connectivity index (χ4n) is 5.24. The Morgan fingerprint density at radius 3 is 2.08 bits per heavy atom. The molecule has 38 heavy (non-hydrogen) atoms. The van der Waals surface area contributed by atoms with Gasteiger partial charge in [-0.05, 0) is 70.6 Å². The molecule has 0 bridgehead atoms. The van der Waals surface area contributed by atoms with Gasteiger partial charge in [0.15, 0.2) is 28.8 Å². The number of halogens is 1. The van der Waals surface area contributed by atoms with Gasteiger partial charge >= 0.3 is 5.97 Å². The number of ketones is 1. The lowest BCUT2D eigenvalue weighted by molar-refractivity contribution is -0.136. The van der Waals surface area contributed by atoms with Crippen molar-refractivity contribution in [2.24, 2.45) is 0 Å². The molecule has 2 aromatic carbocycles. The minimum absolute atomic E-state index is 0.0721. The number of aromatic hydroxyl groups is 1. The molecule has 0 saturated carbocycles. The zero-order chi connectivity index (χ0) is 27.7. The molecule has 0 spiro atoms. The number of allylic oxidation sites excluding steroid dienone is 3. The lowest BCUT2D eigenvalue weighted by atomic mass is 9.71. The minimum atomic E-state index is -0.710. The van der Waals surface area contributed by atoms with E-state index in [1.807, 2.05) is 12.1 Å². The Kier molecular flexibility index (Phi) is 7.91. The van der Waals surface area contributed by atoms with Gasteiger partial charge in [-0.1, -0.05) is 0 Å². The highest BCUT2D eigenvalue weighted by Gasteiger charge is 2.42. The van der Waals surface area contributed by atoms with E-state index in [9.17, 15) is 14.7 Å². The summed E-state index contributed by atoms with van der Waals surface area (Å²) in [5.74, 6) is 0.100. The van der Waals surface area contributed by atoms with Crippen LogP contribution in [0.3, 0.4) is 0 Å². The van der Waals surface area contributed by atoms with Crippen LogP contribution in [0.15, 0.2) is 51.3 Å². The summed E-state index contributed by atoms with van der Waals surface area (Å²) in [6.45, 7) is 1.78. The van der Waals surface area contributed by atoms with Crippen molar-refractivity contribution in [3.05, 3.63) is 62.4 Å². The molecule has 2 aromatic rings. The van der Waals surface area contributed by atoms with E-state index in [0.717, 1.165) is 11.3 Å². The smallest absolute Gasteiger partial charge is 0.336 e. The fourth-order valence-corrected chi connectivity index (χ4v) is 5.70. The van der Waals surface area contributed by atoms with E-state index in [0.29, 0.717) is 50.5 Å². The van der Waals surface area contributed by atoms with E-state index in [1.54, 1.807) is 33.3 Å². The maximum absolute atomic E-state index is 13.8. The molecule has 0 radical (unpaired) electrons. The molecule has 1 aliphatic carbocycles. The van der Waals surface area contributed by atoms with Crippen molar-refractivity contribution in [3.8, 4) is 28.7 Å². The molecule has 1 heterocycles. The molecule has 0 aromatic heterocycles. The molecule has 4 rings (SSSR count). The molecular weight excluding hydrogens is 558 g/mol. The highest BCUT2D eigenvalue weighted by Crippen LogP contribution is 2.49. The van der Waals surface area contributed by atoms with E-state index < -0.39 is 11.9 Å². The number of esters is 1. The number of rotatable bonds is 7. The van der Waals surface area contributed by atoms with Crippen LogP contribution in [0.4, 0.5) is 0 Å². The zero-order valence-corrected chi connectivity index (χ0v) is 23.6. The van der Waals surface area contributed by atoms with Gasteiger partial charge in [-0.2, -0.15) is 0 Å². The molecule has 202 valence electrons. The van der Waals surface area contributed by atoms with Crippen molar-refractivity contribution in [2.75, 3.05) is 35.5 Å². The molecule has 10 heteroatoms. The maximum Gasteiger partial charge on any atom is 0.336 e. The molecular formula is C28H30BrNO8. The number of dihydropyridines is 1. The number of ether oxygens (including phenoxy) is 5. The third kappa shape index (κ3) is 4.69. The Hall–Kier alpha value is -3.66. The van der Waals surface area contributed by atoms with Crippen molar-refractivity contribution in [1.82, 2.24) is 5.32 Å². The second-order valence-corrected chi connectivity index (χ2v) is 9.88. The summed E-state index contributed by atoms with van der Waals surface area (Å²) in [6, 6.07) is 7.04. The van der Waals surface area contributed by atoms with Crippen LogP contribution < -0.4 is 24.3 Å². The number of phenols is 1. The minimum Gasteiger partial charge on any atom is -0.503 e. The van der Waals surface area contributed by atoms with E-state index >= 15 is 0 Å². The first-order chi connectivity index (χ1) is 18.2. The summed E-state index contributed by atoms with van der Waals surface area (Å²) in [4.78, 5) is 26.8. The third-order valence-electron chi connectivity index (χ3n) is 7.00. The molecule has 0 unspecified atom stereocenters. The molecule has 2 N–H and O–H groups in total. The van der Waals surface area contributed by atoms with Crippen LogP contribution in [0.25, 0.3) is 0 Å². The standard InChI is InChI=1S/C28H30BrNO8/c1-13-23(28(33)38-6)24(16-7-17(29)26(32)20(12-16)34-2)25-18(30-13)8-14(9-19(25)31)15-10-21(35-3)27(37-5)22(11-15)36-4/h7,10-12,14,24,30,32H,8-9H2,1-6H3/t14-,24+/m1/s1. The van der Waals surface area contributed by atoms with Crippen LogP contribution in [0.2, 0.25) is 0 Å². The predicted molar refractivity (Wildman–Crippen MR) is 143 cm³/mol. The Labute approximate surface area is 229 Å². The average molecular weight is 588 g/mol. The van der Waals surface area contributed by atoms with Crippen molar-refractivity contribution < 1.29 is 38.4 Å². The zero-order valence-electron chi connectivity index (χ0n) is 22.1. The van der Waals surface area contributed by atoms with E-state index in [4.69, 9.17) is 23.7 Å². The number of carbonyl (C=O) groups is 2. The number of nitrogens with one attached hydrogen (secondary N) is 1. The van der Waals surface area contributed by atoms with Gasteiger partial charge in [0.2, 0.25) is 5.75 Å². The van der Waals surface area contributed by atoms with Gasteiger partial charge in [-0.15, -0.1) is 0 Å². The van der Waals surface area contributed by atoms with Gasteiger partial charge in [0.1, 0.15) is 0 Å². The van der Waals surface area contributed by atoms with Crippen molar-refractivity contribution in [2.45, 2.75) is 31.6 Å². The van der Waals surface area contributed by atoms with Crippen LogP contribution in [0.1, 0.15) is 42.7 Å². The third-order valence-corrected chi connectivity index (χ3v) is 7.60. The van der Waals surface area contributed by atoms with Crippen LogP contribution in [0.5, 0.6) is 28.7 Å². The maximum atomic E-state index is 13.8. The quantitative estimate of drug-likeness (QED) is 0.444. The largest absolute Gasteiger partial charge is 0.503 e. The number of hydrogen-bond acceptors (Lipinski definition) is 9. The van der Waals surface area contributed by atoms with Crippen molar-refractivity contribution in [3.63, 3.8) is 0 Å². The molecule has 1 aliphatic heterocycles. The fraction of sp³-hybridized carbons (Fsp3) is 0.357. The molecule has 0 saturated heterocycles.